The Kier molecular flexibility index (Phi) is 3.16. The summed E-state index contributed by atoms with van der Waals surface area (Å²) >= 11 is 0. The molecule has 3 fully saturated rings. The van der Waals surface area contributed by atoms with E-state index in [0.717, 1.165) is 44.1 Å². The van der Waals surface area contributed by atoms with Crippen molar-refractivity contribution in [3.63, 3.8) is 0 Å². The van der Waals surface area contributed by atoms with Crippen LogP contribution in [-0.4, -0.2) is 28.2 Å². The quantitative estimate of drug-likeness (QED) is 0.723. The van der Waals surface area contributed by atoms with Gasteiger partial charge < -0.3 is 10.2 Å². The molecule has 2 N–H and O–H groups in total. The number of rotatable bonds is 0. The van der Waals surface area contributed by atoms with Gasteiger partial charge in [0.1, 0.15) is 0 Å². The van der Waals surface area contributed by atoms with Gasteiger partial charge >= 0.3 is 0 Å². The molecule has 122 valence electrons. The Bertz CT molecular complexity index is 539. The molecule has 0 aromatic heterocycles. The summed E-state index contributed by atoms with van der Waals surface area (Å²) in [6, 6.07) is 0. The van der Waals surface area contributed by atoms with Crippen molar-refractivity contribution in [2.75, 3.05) is 0 Å². The van der Waals surface area contributed by atoms with Crippen LogP contribution in [0.3, 0.4) is 0 Å². The number of hydrogen-bond acceptors (Lipinski definition) is 3. The minimum Gasteiger partial charge on any atom is -0.393 e. The SMILES string of the molecule is C[C@]12CC[C@H]3[C@@H](CC(=O)C4=CC(O)CC[C@@]43C)[C@@H]1CC[C@@H]2O. The number of Topliss-reactive ketones (excluding diaryl/α,β-unsaturated/α-hetero) is 1. The third kappa shape index (κ3) is 1.78. The number of aliphatic hydroxyl groups excluding tert-OH is 2. The first-order valence-electron chi connectivity index (χ1n) is 8.98. The van der Waals surface area contributed by atoms with Crippen molar-refractivity contribution in [2.24, 2.45) is 28.6 Å². The summed E-state index contributed by atoms with van der Waals surface area (Å²) < 4.78 is 0. The van der Waals surface area contributed by atoms with Crippen LogP contribution in [0.1, 0.15) is 58.8 Å². The van der Waals surface area contributed by atoms with Gasteiger partial charge in [0.05, 0.1) is 12.2 Å². The summed E-state index contributed by atoms with van der Waals surface area (Å²) in [6.07, 6.45) is 7.73. The molecule has 3 heteroatoms. The molecule has 0 aliphatic heterocycles. The van der Waals surface area contributed by atoms with Gasteiger partial charge in [-0.1, -0.05) is 13.8 Å². The minimum atomic E-state index is -0.439. The van der Waals surface area contributed by atoms with E-state index in [0.29, 0.717) is 24.2 Å². The Morgan fingerprint density at radius 3 is 2.59 bits per heavy atom. The van der Waals surface area contributed by atoms with Gasteiger partial charge in [0, 0.05) is 6.42 Å². The van der Waals surface area contributed by atoms with Gasteiger partial charge in [-0.15, -0.1) is 0 Å². The van der Waals surface area contributed by atoms with E-state index < -0.39 is 6.10 Å². The van der Waals surface area contributed by atoms with E-state index in [1.165, 1.54) is 0 Å². The first-order chi connectivity index (χ1) is 10.4. The number of fused-ring (bicyclic) bond motifs is 5. The maximum Gasteiger partial charge on any atom is 0.159 e. The highest BCUT2D eigenvalue weighted by molar-refractivity contribution is 5.98. The van der Waals surface area contributed by atoms with Crippen LogP contribution in [0.25, 0.3) is 0 Å². The molecule has 4 rings (SSSR count). The van der Waals surface area contributed by atoms with Crippen LogP contribution in [0.15, 0.2) is 11.6 Å². The van der Waals surface area contributed by atoms with Crippen molar-refractivity contribution >= 4 is 5.78 Å². The maximum atomic E-state index is 12.8. The van der Waals surface area contributed by atoms with Crippen molar-refractivity contribution in [3.05, 3.63) is 11.6 Å². The number of allylic oxidation sites excluding steroid dienone is 1. The second-order valence-corrected chi connectivity index (χ2v) is 8.75. The van der Waals surface area contributed by atoms with E-state index in [-0.39, 0.29) is 22.7 Å². The third-order valence-electron chi connectivity index (χ3n) is 7.86. The average Bonchev–Trinajstić information content (AvgIpc) is 2.77. The molecule has 0 radical (unpaired) electrons. The zero-order chi connectivity index (χ0) is 15.7. The molecule has 0 aromatic rings. The Labute approximate surface area is 132 Å². The van der Waals surface area contributed by atoms with Crippen molar-refractivity contribution in [1.29, 1.82) is 0 Å². The molecule has 22 heavy (non-hydrogen) atoms. The molecule has 3 saturated carbocycles. The molecule has 3 nitrogen and oxygen atoms in total. The van der Waals surface area contributed by atoms with Gasteiger partial charge in [0.2, 0.25) is 0 Å². The van der Waals surface area contributed by atoms with Crippen molar-refractivity contribution in [1.82, 2.24) is 0 Å². The van der Waals surface area contributed by atoms with E-state index in [4.69, 9.17) is 0 Å². The Balaban J connectivity index is 1.73. The number of carbonyl (C=O) groups is 1. The molecular formula is C19H28O3. The van der Waals surface area contributed by atoms with Crippen LogP contribution in [0, 0.1) is 28.6 Å². The molecule has 4 aliphatic carbocycles. The van der Waals surface area contributed by atoms with Crippen LogP contribution >= 0.6 is 0 Å². The van der Waals surface area contributed by atoms with Gasteiger partial charge in [-0.2, -0.15) is 0 Å². The summed E-state index contributed by atoms with van der Waals surface area (Å²) in [7, 11) is 0. The molecule has 7 atom stereocenters. The van der Waals surface area contributed by atoms with Gasteiger partial charge in [-0.3, -0.25) is 4.79 Å². The monoisotopic (exact) mass is 304 g/mol. The topological polar surface area (TPSA) is 57.5 Å². The molecule has 0 saturated heterocycles. The Morgan fingerprint density at radius 2 is 1.82 bits per heavy atom. The normalized spacial score (nSPS) is 54.3. The van der Waals surface area contributed by atoms with Crippen LogP contribution in [0.5, 0.6) is 0 Å². The van der Waals surface area contributed by atoms with Crippen LogP contribution in [-0.2, 0) is 4.79 Å². The largest absolute Gasteiger partial charge is 0.393 e. The predicted octanol–water partition coefficient (Wildman–Crippen LogP) is 2.85. The highest BCUT2D eigenvalue weighted by Crippen LogP contribution is 2.64. The molecule has 0 bridgehead atoms. The summed E-state index contributed by atoms with van der Waals surface area (Å²) in [5.41, 5.74) is 0.885. The second kappa shape index (κ2) is 4.67. The summed E-state index contributed by atoms with van der Waals surface area (Å²) in [5.74, 6) is 1.73. The summed E-state index contributed by atoms with van der Waals surface area (Å²) in [4.78, 5) is 12.8. The molecule has 0 heterocycles. The van der Waals surface area contributed by atoms with E-state index in [2.05, 4.69) is 13.8 Å². The first kappa shape index (κ1) is 14.9. The Morgan fingerprint density at radius 1 is 1.05 bits per heavy atom. The zero-order valence-corrected chi connectivity index (χ0v) is 13.7. The van der Waals surface area contributed by atoms with E-state index in [1.807, 2.05) is 6.08 Å². The third-order valence-corrected chi connectivity index (χ3v) is 7.86. The maximum absolute atomic E-state index is 12.8. The lowest BCUT2D eigenvalue weighted by atomic mass is 9.47. The standard InChI is InChI=1S/C19H28O3/c1-18-7-5-11(20)9-15(18)16(21)10-12-13-3-4-17(22)19(13,2)8-6-14(12)18/h9,11-14,17,20,22H,3-8,10H2,1-2H3/t11?,12-,13-,14-,17-,18+,19-/m0/s1. The van der Waals surface area contributed by atoms with Crippen molar-refractivity contribution in [2.45, 2.75) is 71.0 Å². The van der Waals surface area contributed by atoms with Gasteiger partial charge in [-0.25, -0.2) is 0 Å². The molecule has 1 unspecified atom stereocenters. The summed E-state index contributed by atoms with van der Waals surface area (Å²) in [6.45, 7) is 4.50. The van der Waals surface area contributed by atoms with E-state index in [9.17, 15) is 15.0 Å². The molecule has 0 spiro atoms. The molecular weight excluding hydrogens is 276 g/mol. The lowest BCUT2D eigenvalue weighted by molar-refractivity contribution is -0.131. The van der Waals surface area contributed by atoms with Gasteiger partial charge in [-0.05, 0) is 78.8 Å². The number of ketones is 1. The fourth-order valence-corrected chi connectivity index (χ4v) is 6.50. The minimum absolute atomic E-state index is 0.0210. The smallest absolute Gasteiger partial charge is 0.159 e. The van der Waals surface area contributed by atoms with E-state index >= 15 is 0 Å². The highest BCUT2D eigenvalue weighted by Gasteiger charge is 2.60. The lowest BCUT2D eigenvalue weighted by Crippen LogP contribution is -2.53. The summed E-state index contributed by atoms with van der Waals surface area (Å²) in [5, 5.41) is 20.4. The number of carbonyl (C=O) groups excluding carboxylic acids is 1. The highest BCUT2D eigenvalue weighted by atomic mass is 16.3. The average molecular weight is 304 g/mol. The lowest BCUT2D eigenvalue weighted by Gasteiger charge is -2.57. The number of aliphatic hydroxyl groups is 2. The van der Waals surface area contributed by atoms with Gasteiger partial charge in [0.15, 0.2) is 5.78 Å². The van der Waals surface area contributed by atoms with Crippen molar-refractivity contribution < 1.29 is 15.0 Å². The van der Waals surface area contributed by atoms with Crippen LogP contribution in [0.2, 0.25) is 0 Å². The molecule has 0 aromatic carbocycles. The predicted molar refractivity (Wildman–Crippen MR) is 84.1 cm³/mol. The second-order valence-electron chi connectivity index (χ2n) is 8.75. The van der Waals surface area contributed by atoms with Gasteiger partial charge in [0.25, 0.3) is 0 Å². The fraction of sp³-hybridized carbons (Fsp3) is 0.842. The van der Waals surface area contributed by atoms with E-state index in [1.54, 1.807) is 0 Å². The van der Waals surface area contributed by atoms with Crippen LogP contribution < -0.4 is 0 Å². The number of hydrogen-bond donors (Lipinski definition) is 2. The molecule has 4 aliphatic rings. The fourth-order valence-electron chi connectivity index (χ4n) is 6.50. The first-order valence-corrected chi connectivity index (χ1v) is 8.98. The van der Waals surface area contributed by atoms with Crippen molar-refractivity contribution in [3.8, 4) is 0 Å². The van der Waals surface area contributed by atoms with Crippen LogP contribution in [0.4, 0.5) is 0 Å². The zero-order valence-electron chi connectivity index (χ0n) is 13.7. The Hall–Kier alpha value is -0.670. The molecule has 0 amide bonds.